The van der Waals surface area contributed by atoms with Gasteiger partial charge in [-0.15, -0.1) is 0 Å². The molecule has 0 aliphatic carbocycles. The molecule has 0 saturated heterocycles. The highest BCUT2D eigenvalue weighted by molar-refractivity contribution is 7.98. The molecule has 2 heterocycles. The van der Waals surface area contributed by atoms with Crippen LogP contribution in [-0.2, 0) is 16.1 Å². The maximum Gasteiger partial charge on any atom is 0.254 e. The minimum atomic E-state index is -0.604. The number of nitrogens with zero attached hydrogens (tertiary/aromatic N) is 1. The lowest BCUT2D eigenvalue weighted by Gasteiger charge is -2.13. The minimum absolute atomic E-state index is 0.0829. The largest absolute Gasteiger partial charge is 0.508 e. The number of aromatic nitrogens is 1. The van der Waals surface area contributed by atoms with Crippen molar-refractivity contribution in [3.05, 3.63) is 51.9 Å². The van der Waals surface area contributed by atoms with Crippen molar-refractivity contribution in [2.45, 2.75) is 38.8 Å². The van der Waals surface area contributed by atoms with Crippen molar-refractivity contribution in [3.63, 3.8) is 0 Å². The number of amides is 3. The molecule has 10 heteroatoms. The summed E-state index contributed by atoms with van der Waals surface area (Å²) < 4.78 is 1.50. The first-order chi connectivity index (χ1) is 15.3. The molecular formula is C22H26N4O5S. The number of anilines is 2. The number of carbonyl (C=O) groups excluding carboxylic acids is 3. The van der Waals surface area contributed by atoms with E-state index >= 15 is 0 Å². The Hall–Kier alpha value is -3.27. The second-order valence-corrected chi connectivity index (χ2v) is 8.54. The molecule has 32 heavy (non-hydrogen) atoms. The monoisotopic (exact) mass is 458 g/mol. The van der Waals surface area contributed by atoms with Gasteiger partial charge >= 0.3 is 0 Å². The fourth-order valence-electron chi connectivity index (χ4n) is 3.50. The van der Waals surface area contributed by atoms with Gasteiger partial charge in [-0.3, -0.25) is 19.2 Å². The Kier molecular flexibility index (Phi) is 7.57. The lowest BCUT2D eigenvalue weighted by molar-refractivity contribution is -0.118. The zero-order valence-electron chi connectivity index (χ0n) is 17.9. The Morgan fingerprint density at radius 1 is 1.22 bits per heavy atom. The molecule has 1 aliphatic heterocycles. The molecule has 3 amide bonds. The van der Waals surface area contributed by atoms with E-state index in [-0.39, 0.29) is 41.0 Å². The van der Waals surface area contributed by atoms with E-state index in [1.165, 1.54) is 16.7 Å². The molecule has 0 radical (unpaired) electrons. The summed E-state index contributed by atoms with van der Waals surface area (Å²) in [6.07, 6.45) is 3.06. The smallest absolute Gasteiger partial charge is 0.254 e. The fraction of sp³-hybridized carbons (Fsp3) is 0.364. The lowest BCUT2D eigenvalue weighted by Crippen LogP contribution is -2.41. The Bertz CT molecular complexity index is 1100. The molecule has 0 spiro atoms. The summed E-state index contributed by atoms with van der Waals surface area (Å²) >= 11 is 1.60. The molecule has 0 fully saturated rings. The van der Waals surface area contributed by atoms with Crippen molar-refractivity contribution in [1.29, 1.82) is 0 Å². The summed E-state index contributed by atoms with van der Waals surface area (Å²) in [5.74, 6) is -0.234. The van der Waals surface area contributed by atoms with Crippen LogP contribution < -0.4 is 21.5 Å². The van der Waals surface area contributed by atoms with Gasteiger partial charge in [0.05, 0.1) is 11.3 Å². The first kappa shape index (κ1) is 23.4. The second kappa shape index (κ2) is 10.4. The number of nitrogens with one attached hydrogen (secondary N) is 3. The Balaban J connectivity index is 1.61. The van der Waals surface area contributed by atoms with Crippen LogP contribution in [0.25, 0.3) is 0 Å². The third-order valence-electron chi connectivity index (χ3n) is 5.14. The Morgan fingerprint density at radius 2 is 2.00 bits per heavy atom. The predicted octanol–water partition coefficient (Wildman–Crippen LogP) is 2.08. The molecule has 4 N–H and O–H groups in total. The van der Waals surface area contributed by atoms with Crippen LogP contribution >= 0.6 is 11.8 Å². The molecule has 1 atom stereocenters. The highest BCUT2D eigenvalue weighted by atomic mass is 32.2. The molecule has 1 aromatic heterocycles. The molecular weight excluding hydrogens is 432 g/mol. The van der Waals surface area contributed by atoms with Crippen LogP contribution in [0.4, 0.5) is 11.4 Å². The van der Waals surface area contributed by atoms with E-state index in [2.05, 4.69) is 16.0 Å². The van der Waals surface area contributed by atoms with E-state index in [1.54, 1.807) is 30.8 Å². The zero-order valence-corrected chi connectivity index (χ0v) is 18.8. The number of carbonyl (C=O) groups is 3. The van der Waals surface area contributed by atoms with Gasteiger partial charge in [-0.25, -0.2) is 0 Å². The van der Waals surface area contributed by atoms with Crippen LogP contribution in [0.3, 0.4) is 0 Å². The first-order valence-corrected chi connectivity index (χ1v) is 11.6. The van der Waals surface area contributed by atoms with Crippen molar-refractivity contribution < 1.29 is 19.5 Å². The molecule has 0 saturated carbocycles. The first-order valence-electron chi connectivity index (χ1n) is 10.2. The van der Waals surface area contributed by atoms with Crippen LogP contribution in [0, 0.1) is 6.92 Å². The van der Waals surface area contributed by atoms with Crippen LogP contribution in [0.2, 0.25) is 0 Å². The number of fused-ring (bicyclic) bond motifs is 1. The molecule has 1 aliphatic rings. The average molecular weight is 459 g/mol. The summed E-state index contributed by atoms with van der Waals surface area (Å²) in [6, 6.07) is 6.78. The zero-order chi connectivity index (χ0) is 23.3. The highest BCUT2D eigenvalue weighted by Gasteiger charge is 2.27. The van der Waals surface area contributed by atoms with E-state index in [4.69, 9.17) is 0 Å². The van der Waals surface area contributed by atoms with E-state index in [0.717, 1.165) is 11.8 Å². The molecule has 9 nitrogen and oxygen atoms in total. The predicted molar refractivity (Wildman–Crippen MR) is 124 cm³/mol. The van der Waals surface area contributed by atoms with E-state index in [1.807, 2.05) is 6.26 Å². The van der Waals surface area contributed by atoms with Gasteiger partial charge in [0.25, 0.3) is 11.5 Å². The van der Waals surface area contributed by atoms with Gasteiger partial charge in [-0.1, -0.05) is 0 Å². The maximum absolute atomic E-state index is 12.6. The molecule has 0 unspecified atom stereocenters. The number of aromatic hydroxyl groups is 1. The molecule has 3 rings (SSSR count). The standard InChI is InChI=1S/C22H26N4O5S/c1-13-10-15(27)12-20(29)26(13)8-3-4-19(28)23-14-5-6-17-16(11-14)21(30)25-18(7-9-32-2)22(31)24-17/h5-6,10-12,18,27H,3-4,7-9H2,1-2H3,(H,23,28)(H,24,31)(H,25,30)/t18-/m0/s1. The lowest BCUT2D eigenvalue weighted by atomic mass is 10.1. The fourth-order valence-corrected chi connectivity index (χ4v) is 3.97. The van der Waals surface area contributed by atoms with E-state index < -0.39 is 6.04 Å². The van der Waals surface area contributed by atoms with Gasteiger partial charge in [0.2, 0.25) is 11.8 Å². The number of benzene rings is 1. The van der Waals surface area contributed by atoms with Crippen molar-refractivity contribution in [2.24, 2.45) is 0 Å². The number of thioether (sulfide) groups is 1. The van der Waals surface area contributed by atoms with Crippen LogP contribution in [0.5, 0.6) is 5.75 Å². The quantitative estimate of drug-likeness (QED) is 0.479. The van der Waals surface area contributed by atoms with Gasteiger partial charge in [0, 0.05) is 30.4 Å². The number of aryl methyl sites for hydroxylation is 1. The average Bonchev–Trinajstić information content (AvgIpc) is 2.84. The summed E-state index contributed by atoms with van der Waals surface area (Å²) in [7, 11) is 0. The van der Waals surface area contributed by atoms with Crippen LogP contribution in [0.15, 0.2) is 35.1 Å². The van der Waals surface area contributed by atoms with Gasteiger partial charge in [-0.05, 0) is 56.0 Å². The minimum Gasteiger partial charge on any atom is -0.508 e. The molecule has 0 bridgehead atoms. The SMILES string of the molecule is CSCC[C@@H]1NC(=O)c2cc(NC(=O)CCCn3c(C)cc(O)cc3=O)ccc2NC1=O. The van der Waals surface area contributed by atoms with Crippen molar-refractivity contribution >= 4 is 40.9 Å². The Labute approximate surface area is 189 Å². The Morgan fingerprint density at radius 3 is 2.72 bits per heavy atom. The number of pyridine rings is 1. The maximum atomic E-state index is 12.6. The third-order valence-corrected chi connectivity index (χ3v) is 5.79. The normalized spacial score (nSPS) is 15.4. The van der Waals surface area contributed by atoms with Gasteiger partial charge in [0.1, 0.15) is 11.8 Å². The highest BCUT2D eigenvalue weighted by Crippen LogP contribution is 2.24. The van der Waals surface area contributed by atoms with Gasteiger partial charge in [-0.2, -0.15) is 11.8 Å². The summed E-state index contributed by atoms with van der Waals surface area (Å²) in [5, 5.41) is 17.7. The number of hydrogen-bond acceptors (Lipinski definition) is 6. The van der Waals surface area contributed by atoms with Crippen molar-refractivity contribution in [3.8, 4) is 5.75 Å². The topological polar surface area (TPSA) is 130 Å². The second-order valence-electron chi connectivity index (χ2n) is 7.55. The summed E-state index contributed by atoms with van der Waals surface area (Å²) in [5.41, 5.74) is 1.43. The van der Waals surface area contributed by atoms with Crippen molar-refractivity contribution in [1.82, 2.24) is 9.88 Å². The molecule has 1 aromatic carbocycles. The van der Waals surface area contributed by atoms with E-state index in [9.17, 15) is 24.3 Å². The van der Waals surface area contributed by atoms with Gasteiger partial charge in [0.15, 0.2) is 0 Å². The summed E-state index contributed by atoms with van der Waals surface area (Å²) in [6.45, 7) is 2.06. The third kappa shape index (κ3) is 5.70. The van der Waals surface area contributed by atoms with Crippen LogP contribution in [-0.4, -0.2) is 45.4 Å². The van der Waals surface area contributed by atoms with Gasteiger partial charge < -0.3 is 25.6 Å². The van der Waals surface area contributed by atoms with Crippen LogP contribution in [0.1, 0.15) is 35.3 Å². The van der Waals surface area contributed by atoms with E-state index in [0.29, 0.717) is 36.5 Å². The van der Waals surface area contributed by atoms with Crippen molar-refractivity contribution in [2.75, 3.05) is 22.6 Å². The number of hydrogen-bond donors (Lipinski definition) is 4. The molecule has 170 valence electrons. The summed E-state index contributed by atoms with van der Waals surface area (Å²) in [4.78, 5) is 49.3. The number of rotatable bonds is 8. The molecule has 2 aromatic rings.